The van der Waals surface area contributed by atoms with Crippen LogP contribution in [0.4, 0.5) is 0 Å². The Hall–Kier alpha value is -0.710. The average molecular weight is 426 g/mol. The van der Waals surface area contributed by atoms with Gasteiger partial charge in [0.1, 0.15) is 0 Å². The summed E-state index contributed by atoms with van der Waals surface area (Å²) in [4.78, 5) is -0.0348. The van der Waals surface area contributed by atoms with Gasteiger partial charge < -0.3 is 5.32 Å². The topological polar surface area (TPSA) is 95.6 Å². The zero-order valence-electron chi connectivity index (χ0n) is 15.3. The molecule has 2 rings (SSSR count). The monoisotopic (exact) mass is 425 g/mol. The van der Waals surface area contributed by atoms with Crippen molar-refractivity contribution in [2.75, 3.05) is 26.2 Å². The molecule has 1 aromatic carbocycles. The van der Waals surface area contributed by atoms with Gasteiger partial charge in [0, 0.05) is 25.7 Å². The normalized spacial score (nSPS) is 21.4. The molecule has 2 unspecified atom stereocenters. The molecule has 0 amide bonds. The first kappa shape index (κ1) is 23.3. The summed E-state index contributed by atoms with van der Waals surface area (Å²) >= 11 is 0. The van der Waals surface area contributed by atoms with Crippen molar-refractivity contribution in [1.82, 2.24) is 14.3 Å². The standard InChI is InChI=1S/C16H27N3O4S2.ClH/c1-4-19(5-2)25(22,23)15-8-6-7-14(11-15)24(20,21)18-16-12-17-10-9-13(16)3;/h6-8,11,13,16-18H,4-5,9-10,12H2,1-3H3;1H. The van der Waals surface area contributed by atoms with Crippen molar-refractivity contribution in [3.63, 3.8) is 0 Å². The van der Waals surface area contributed by atoms with E-state index >= 15 is 0 Å². The van der Waals surface area contributed by atoms with E-state index in [4.69, 9.17) is 0 Å². The Kier molecular flexibility index (Phi) is 8.50. The van der Waals surface area contributed by atoms with Crippen LogP contribution in [0, 0.1) is 5.92 Å². The number of nitrogens with one attached hydrogen (secondary N) is 2. The predicted octanol–water partition coefficient (Wildman–Crippen LogP) is 1.42. The van der Waals surface area contributed by atoms with Crippen molar-refractivity contribution >= 4 is 32.5 Å². The van der Waals surface area contributed by atoms with E-state index in [1.165, 1.54) is 28.6 Å². The van der Waals surface area contributed by atoms with Crippen molar-refractivity contribution in [3.05, 3.63) is 24.3 Å². The van der Waals surface area contributed by atoms with E-state index in [2.05, 4.69) is 10.0 Å². The van der Waals surface area contributed by atoms with Gasteiger partial charge in [-0.3, -0.25) is 0 Å². The van der Waals surface area contributed by atoms with E-state index in [0.717, 1.165) is 13.0 Å². The molecule has 0 bridgehead atoms. The summed E-state index contributed by atoms with van der Waals surface area (Å²) in [6.07, 6.45) is 0.892. The second-order valence-electron chi connectivity index (χ2n) is 6.26. The van der Waals surface area contributed by atoms with Gasteiger partial charge in [-0.1, -0.05) is 26.8 Å². The van der Waals surface area contributed by atoms with Gasteiger partial charge in [-0.15, -0.1) is 12.4 Å². The highest BCUT2D eigenvalue weighted by Crippen LogP contribution is 2.21. The molecule has 1 aliphatic rings. The minimum absolute atomic E-state index is 0. The molecular weight excluding hydrogens is 398 g/mol. The summed E-state index contributed by atoms with van der Waals surface area (Å²) < 4.78 is 54.6. The van der Waals surface area contributed by atoms with Crippen LogP contribution in [0.5, 0.6) is 0 Å². The van der Waals surface area contributed by atoms with Crippen LogP contribution in [0.3, 0.4) is 0 Å². The maximum atomic E-state index is 12.7. The highest BCUT2D eigenvalue weighted by atomic mass is 35.5. The number of benzene rings is 1. The van der Waals surface area contributed by atoms with E-state index in [1.807, 2.05) is 6.92 Å². The molecule has 26 heavy (non-hydrogen) atoms. The first-order chi connectivity index (χ1) is 11.7. The molecule has 0 aromatic heterocycles. The fourth-order valence-corrected chi connectivity index (χ4v) is 5.90. The summed E-state index contributed by atoms with van der Waals surface area (Å²) in [5, 5.41) is 3.18. The van der Waals surface area contributed by atoms with Gasteiger partial charge in [0.15, 0.2) is 0 Å². The minimum atomic E-state index is -3.79. The van der Waals surface area contributed by atoms with Gasteiger partial charge in [0.05, 0.1) is 9.79 Å². The number of rotatable bonds is 7. The summed E-state index contributed by atoms with van der Waals surface area (Å²) in [6.45, 7) is 7.62. The van der Waals surface area contributed by atoms with Gasteiger partial charge in [-0.25, -0.2) is 21.6 Å². The van der Waals surface area contributed by atoms with E-state index < -0.39 is 20.0 Å². The largest absolute Gasteiger partial charge is 0.315 e. The second kappa shape index (κ2) is 9.48. The van der Waals surface area contributed by atoms with E-state index in [9.17, 15) is 16.8 Å². The number of hydrogen-bond acceptors (Lipinski definition) is 5. The SMILES string of the molecule is CCN(CC)S(=O)(=O)c1cccc(S(=O)(=O)NC2CNCCC2C)c1.Cl. The lowest BCUT2D eigenvalue weighted by atomic mass is 9.96. The van der Waals surface area contributed by atoms with Crippen molar-refractivity contribution < 1.29 is 16.8 Å². The van der Waals surface area contributed by atoms with Crippen molar-refractivity contribution in [2.45, 2.75) is 43.0 Å². The van der Waals surface area contributed by atoms with Crippen LogP contribution >= 0.6 is 12.4 Å². The van der Waals surface area contributed by atoms with E-state index in [0.29, 0.717) is 19.6 Å². The summed E-state index contributed by atoms with van der Waals surface area (Å²) in [5.74, 6) is 0.221. The average Bonchev–Trinajstić information content (AvgIpc) is 2.58. The molecule has 1 heterocycles. The van der Waals surface area contributed by atoms with Crippen molar-refractivity contribution in [1.29, 1.82) is 0 Å². The smallest absolute Gasteiger partial charge is 0.243 e. The molecule has 0 radical (unpaired) electrons. The van der Waals surface area contributed by atoms with Gasteiger partial charge >= 0.3 is 0 Å². The number of nitrogens with zero attached hydrogens (tertiary/aromatic N) is 1. The number of sulfonamides is 2. The number of halogens is 1. The fraction of sp³-hybridized carbons (Fsp3) is 0.625. The molecule has 0 aliphatic carbocycles. The Morgan fingerprint density at radius 2 is 1.77 bits per heavy atom. The molecule has 2 atom stereocenters. The van der Waals surface area contributed by atoms with Crippen LogP contribution in [-0.2, 0) is 20.0 Å². The third-order valence-corrected chi connectivity index (χ3v) is 8.13. The van der Waals surface area contributed by atoms with Crippen LogP contribution in [0.1, 0.15) is 27.2 Å². The van der Waals surface area contributed by atoms with Crippen LogP contribution in [0.2, 0.25) is 0 Å². The Balaban J connectivity index is 0.00000338. The summed E-state index contributed by atoms with van der Waals surface area (Å²) in [5.41, 5.74) is 0. The van der Waals surface area contributed by atoms with Crippen LogP contribution in [-0.4, -0.2) is 53.4 Å². The van der Waals surface area contributed by atoms with Crippen LogP contribution in [0.15, 0.2) is 34.1 Å². The highest BCUT2D eigenvalue weighted by Gasteiger charge is 2.28. The van der Waals surface area contributed by atoms with E-state index in [-0.39, 0.29) is 34.2 Å². The van der Waals surface area contributed by atoms with Gasteiger partial charge in [0.25, 0.3) is 0 Å². The highest BCUT2D eigenvalue weighted by molar-refractivity contribution is 7.90. The lowest BCUT2D eigenvalue weighted by Gasteiger charge is -2.30. The second-order valence-corrected chi connectivity index (χ2v) is 9.91. The molecule has 7 nitrogen and oxygen atoms in total. The molecule has 150 valence electrons. The molecule has 1 aliphatic heterocycles. The third-order valence-electron chi connectivity index (χ3n) is 4.59. The van der Waals surface area contributed by atoms with Gasteiger partial charge in [0.2, 0.25) is 20.0 Å². The molecule has 1 saturated heterocycles. The minimum Gasteiger partial charge on any atom is -0.315 e. The molecule has 0 saturated carbocycles. The number of piperidine rings is 1. The Morgan fingerprint density at radius 1 is 1.15 bits per heavy atom. The molecule has 1 aromatic rings. The molecular formula is C16H28ClN3O4S2. The molecule has 1 fully saturated rings. The lowest BCUT2D eigenvalue weighted by molar-refractivity contribution is 0.327. The summed E-state index contributed by atoms with van der Waals surface area (Å²) in [6, 6.07) is 5.34. The summed E-state index contributed by atoms with van der Waals surface area (Å²) in [7, 11) is -7.49. The maximum Gasteiger partial charge on any atom is 0.243 e. The van der Waals surface area contributed by atoms with Crippen molar-refractivity contribution in [3.8, 4) is 0 Å². The van der Waals surface area contributed by atoms with Crippen LogP contribution in [0.25, 0.3) is 0 Å². The fourth-order valence-electron chi connectivity index (χ4n) is 2.93. The first-order valence-electron chi connectivity index (χ1n) is 8.55. The Morgan fingerprint density at radius 3 is 2.35 bits per heavy atom. The Bertz CT molecular complexity index is 795. The van der Waals surface area contributed by atoms with Crippen molar-refractivity contribution in [2.24, 2.45) is 5.92 Å². The zero-order valence-corrected chi connectivity index (χ0v) is 17.8. The molecule has 0 spiro atoms. The quantitative estimate of drug-likeness (QED) is 0.688. The third kappa shape index (κ3) is 5.17. The Labute approximate surface area is 163 Å². The van der Waals surface area contributed by atoms with Crippen LogP contribution < -0.4 is 10.0 Å². The van der Waals surface area contributed by atoms with E-state index in [1.54, 1.807) is 13.8 Å². The lowest BCUT2D eigenvalue weighted by Crippen LogP contribution is -2.50. The molecule has 2 N–H and O–H groups in total. The first-order valence-corrected chi connectivity index (χ1v) is 11.5. The van der Waals surface area contributed by atoms with Gasteiger partial charge in [-0.05, 0) is 37.1 Å². The van der Waals surface area contributed by atoms with Gasteiger partial charge in [-0.2, -0.15) is 4.31 Å². The number of hydrogen-bond donors (Lipinski definition) is 2. The maximum absolute atomic E-state index is 12.7. The predicted molar refractivity (Wildman–Crippen MR) is 105 cm³/mol. The zero-order chi connectivity index (χ0) is 18.7. The molecule has 10 heteroatoms.